The lowest BCUT2D eigenvalue weighted by molar-refractivity contribution is -0.146. The van der Waals surface area contributed by atoms with Crippen LogP contribution in [0.3, 0.4) is 0 Å². The van der Waals surface area contributed by atoms with Crippen molar-refractivity contribution in [3.63, 3.8) is 0 Å². The van der Waals surface area contributed by atoms with Crippen molar-refractivity contribution in [2.24, 2.45) is 5.41 Å². The number of rotatable bonds is 4. The minimum atomic E-state index is -3.83. The Bertz CT molecular complexity index is 680. The van der Waals surface area contributed by atoms with Gasteiger partial charge in [0.1, 0.15) is 10.6 Å². The molecule has 0 radical (unpaired) electrons. The van der Waals surface area contributed by atoms with Crippen molar-refractivity contribution in [1.82, 2.24) is 9.29 Å². The van der Waals surface area contributed by atoms with Crippen molar-refractivity contribution in [1.29, 1.82) is 0 Å². The predicted molar refractivity (Wildman–Crippen MR) is 71.3 cm³/mol. The van der Waals surface area contributed by atoms with E-state index in [0.717, 1.165) is 4.31 Å². The molecule has 21 heavy (non-hydrogen) atoms. The van der Waals surface area contributed by atoms with Crippen molar-refractivity contribution in [3.8, 4) is 0 Å². The molecule has 0 saturated carbocycles. The molecule has 0 bridgehead atoms. The molecule has 1 aromatic rings. The summed E-state index contributed by atoms with van der Waals surface area (Å²) < 4.78 is 30.5. The number of hydrogen-bond acceptors (Lipinski definition) is 5. The van der Waals surface area contributed by atoms with Crippen molar-refractivity contribution in [2.45, 2.75) is 18.2 Å². The van der Waals surface area contributed by atoms with Gasteiger partial charge in [-0.3, -0.25) is 4.79 Å². The SMILES string of the molecule is COC(=O)c1cc(S(=O)(=O)N2CCC(C)(C(=O)O)C2)c[nH]1. The topological polar surface area (TPSA) is 117 Å². The fraction of sp³-hybridized carbons (Fsp3) is 0.500. The zero-order chi connectivity index (χ0) is 15.8. The number of carbonyl (C=O) groups excluding carboxylic acids is 1. The van der Waals surface area contributed by atoms with Gasteiger partial charge in [0.25, 0.3) is 0 Å². The van der Waals surface area contributed by atoms with Crippen LogP contribution < -0.4 is 0 Å². The van der Waals surface area contributed by atoms with Gasteiger partial charge >= 0.3 is 11.9 Å². The maximum absolute atomic E-state index is 12.4. The number of esters is 1. The molecular weight excluding hydrogens is 300 g/mol. The van der Waals surface area contributed by atoms with E-state index in [2.05, 4.69) is 9.72 Å². The summed E-state index contributed by atoms with van der Waals surface area (Å²) in [5.74, 6) is -1.70. The molecule has 1 unspecified atom stereocenters. The van der Waals surface area contributed by atoms with Gasteiger partial charge in [-0.05, 0) is 19.4 Å². The van der Waals surface area contributed by atoms with Crippen LogP contribution in [0.1, 0.15) is 23.8 Å². The first kappa shape index (κ1) is 15.5. The Labute approximate surface area is 121 Å². The number of aliphatic carboxylic acids is 1. The molecular formula is C12H16N2O6S. The number of ether oxygens (including phenoxy) is 1. The number of carbonyl (C=O) groups is 2. The Morgan fingerprint density at radius 2 is 2.14 bits per heavy atom. The number of H-pyrrole nitrogens is 1. The molecule has 1 aliphatic rings. The standard InChI is InChI=1S/C12H16N2O6S/c1-12(11(16)17)3-4-14(7-12)21(18,19)8-5-9(13-6-8)10(15)20-2/h5-6,13H,3-4,7H2,1-2H3,(H,16,17). The molecule has 1 aromatic heterocycles. The highest BCUT2D eigenvalue weighted by atomic mass is 32.2. The monoisotopic (exact) mass is 316 g/mol. The highest BCUT2D eigenvalue weighted by Crippen LogP contribution is 2.33. The average molecular weight is 316 g/mol. The highest BCUT2D eigenvalue weighted by Gasteiger charge is 2.45. The van der Waals surface area contributed by atoms with Gasteiger partial charge < -0.3 is 14.8 Å². The van der Waals surface area contributed by atoms with E-state index in [1.807, 2.05) is 0 Å². The minimum absolute atomic E-state index is 0.0243. The largest absolute Gasteiger partial charge is 0.481 e. The van der Waals surface area contributed by atoms with Crippen LogP contribution in [0, 0.1) is 5.41 Å². The lowest BCUT2D eigenvalue weighted by Crippen LogP contribution is -2.34. The van der Waals surface area contributed by atoms with E-state index in [-0.39, 0.29) is 30.1 Å². The smallest absolute Gasteiger partial charge is 0.354 e. The number of aromatic nitrogens is 1. The van der Waals surface area contributed by atoms with Crippen LogP contribution in [0.25, 0.3) is 0 Å². The Balaban J connectivity index is 2.26. The maximum atomic E-state index is 12.4. The Morgan fingerprint density at radius 3 is 2.67 bits per heavy atom. The normalized spacial score (nSPS) is 23.1. The lowest BCUT2D eigenvalue weighted by atomic mass is 9.90. The van der Waals surface area contributed by atoms with Crippen molar-refractivity contribution >= 4 is 22.0 Å². The summed E-state index contributed by atoms with van der Waals surface area (Å²) in [5.41, 5.74) is -1.06. The van der Waals surface area contributed by atoms with Crippen LogP contribution in [-0.2, 0) is 19.6 Å². The first-order valence-corrected chi connectivity index (χ1v) is 7.65. The maximum Gasteiger partial charge on any atom is 0.354 e. The van der Waals surface area contributed by atoms with Crippen LogP contribution in [-0.4, -0.2) is 55.0 Å². The second-order valence-electron chi connectivity index (χ2n) is 5.20. The lowest BCUT2D eigenvalue weighted by Gasteiger charge is -2.19. The Kier molecular flexibility index (Phi) is 3.81. The third kappa shape index (κ3) is 2.66. The molecule has 1 atom stereocenters. The second-order valence-corrected chi connectivity index (χ2v) is 7.13. The first-order chi connectivity index (χ1) is 9.70. The molecule has 0 amide bonds. The van der Waals surface area contributed by atoms with Crippen molar-refractivity contribution < 1.29 is 27.9 Å². The number of sulfonamides is 1. The summed E-state index contributed by atoms with van der Waals surface area (Å²) in [7, 11) is -2.64. The molecule has 2 N–H and O–H groups in total. The molecule has 1 fully saturated rings. The van der Waals surface area contributed by atoms with E-state index >= 15 is 0 Å². The molecule has 116 valence electrons. The molecule has 2 heterocycles. The molecule has 0 spiro atoms. The second kappa shape index (κ2) is 5.15. The number of nitrogens with one attached hydrogen (secondary N) is 1. The van der Waals surface area contributed by atoms with E-state index in [4.69, 9.17) is 5.11 Å². The fourth-order valence-corrected chi connectivity index (χ4v) is 3.76. The van der Waals surface area contributed by atoms with Crippen molar-refractivity contribution in [2.75, 3.05) is 20.2 Å². The molecule has 2 rings (SSSR count). The predicted octanol–water partition coefficient (Wildman–Crippen LogP) is 0.287. The molecule has 8 nitrogen and oxygen atoms in total. The Hall–Kier alpha value is -1.87. The highest BCUT2D eigenvalue weighted by molar-refractivity contribution is 7.89. The van der Waals surface area contributed by atoms with Crippen LogP contribution in [0.15, 0.2) is 17.2 Å². The summed E-state index contributed by atoms with van der Waals surface area (Å²) >= 11 is 0. The van der Waals surface area contributed by atoms with Crippen LogP contribution in [0.2, 0.25) is 0 Å². The number of carboxylic acid groups (broad SMARTS) is 1. The third-order valence-corrected chi connectivity index (χ3v) is 5.48. The number of carboxylic acids is 1. The summed E-state index contributed by atoms with van der Waals surface area (Å²) in [6.45, 7) is 1.55. The molecule has 0 aromatic carbocycles. The van der Waals surface area contributed by atoms with Crippen LogP contribution in [0.5, 0.6) is 0 Å². The minimum Gasteiger partial charge on any atom is -0.481 e. The van der Waals surface area contributed by atoms with E-state index in [9.17, 15) is 18.0 Å². The van der Waals surface area contributed by atoms with Gasteiger partial charge in [-0.2, -0.15) is 4.31 Å². The molecule has 9 heteroatoms. The van der Waals surface area contributed by atoms with Gasteiger partial charge in [-0.25, -0.2) is 13.2 Å². The first-order valence-electron chi connectivity index (χ1n) is 6.21. The fourth-order valence-electron chi connectivity index (χ4n) is 2.20. The third-order valence-electron chi connectivity index (χ3n) is 3.65. The van der Waals surface area contributed by atoms with Gasteiger partial charge in [-0.15, -0.1) is 0 Å². The van der Waals surface area contributed by atoms with E-state index in [1.54, 1.807) is 0 Å². The quantitative estimate of drug-likeness (QED) is 0.771. The average Bonchev–Trinajstić information content (AvgIpc) is 3.05. The summed E-state index contributed by atoms with van der Waals surface area (Å²) in [5, 5.41) is 9.15. The van der Waals surface area contributed by atoms with E-state index in [1.165, 1.54) is 26.3 Å². The van der Waals surface area contributed by atoms with Crippen LogP contribution >= 0.6 is 0 Å². The van der Waals surface area contributed by atoms with Gasteiger partial charge in [-0.1, -0.05) is 0 Å². The van der Waals surface area contributed by atoms with E-state index < -0.39 is 27.4 Å². The van der Waals surface area contributed by atoms with Crippen LogP contribution in [0.4, 0.5) is 0 Å². The molecule has 1 saturated heterocycles. The molecule has 0 aliphatic carbocycles. The molecule has 1 aliphatic heterocycles. The summed E-state index contributed by atoms with van der Waals surface area (Å²) in [4.78, 5) is 25.0. The van der Waals surface area contributed by atoms with Gasteiger partial charge in [0.15, 0.2) is 0 Å². The van der Waals surface area contributed by atoms with Gasteiger partial charge in [0.2, 0.25) is 10.0 Å². The van der Waals surface area contributed by atoms with Gasteiger partial charge in [0, 0.05) is 19.3 Å². The zero-order valence-electron chi connectivity index (χ0n) is 11.6. The van der Waals surface area contributed by atoms with Crippen molar-refractivity contribution in [3.05, 3.63) is 18.0 Å². The summed E-state index contributed by atoms with van der Waals surface area (Å²) in [6.07, 6.45) is 1.44. The number of nitrogens with zero attached hydrogens (tertiary/aromatic N) is 1. The summed E-state index contributed by atoms with van der Waals surface area (Å²) in [6, 6.07) is 1.18. The Morgan fingerprint density at radius 1 is 1.48 bits per heavy atom. The zero-order valence-corrected chi connectivity index (χ0v) is 12.4. The van der Waals surface area contributed by atoms with Gasteiger partial charge in [0.05, 0.1) is 12.5 Å². The number of hydrogen-bond donors (Lipinski definition) is 2. The van der Waals surface area contributed by atoms with E-state index in [0.29, 0.717) is 0 Å². The number of aromatic amines is 1. The number of methoxy groups -OCH3 is 1.